The van der Waals surface area contributed by atoms with Crippen LogP contribution in [-0.2, 0) is 10.0 Å². The Morgan fingerprint density at radius 2 is 1.76 bits per heavy atom. The quantitative estimate of drug-likeness (QED) is 0.567. The van der Waals surface area contributed by atoms with Gasteiger partial charge in [0.25, 0.3) is 6.43 Å². The van der Waals surface area contributed by atoms with Crippen LogP contribution in [0.4, 0.5) is 26.3 Å². The van der Waals surface area contributed by atoms with E-state index in [9.17, 15) is 34.8 Å². The summed E-state index contributed by atoms with van der Waals surface area (Å²) < 4.78 is 101. The summed E-state index contributed by atoms with van der Waals surface area (Å²) >= 11 is 1.37. The third kappa shape index (κ3) is 4.22. The van der Waals surface area contributed by atoms with E-state index in [1.807, 2.05) is 0 Å². The Bertz CT molecular complexity index is 631. The van der Waals surface area contributed by atoms with Gasteiger partial charge in [0.2, 0.25) is 10.0 Å². The molecule has 3 nitrogen and oxygen atoms in total. The maximum absolute atomic E-state index is 13.8. The lowest BCUT2D eigenvalue weighted by Crippen LogP contribution is -2.43. The molecule has 0 fully saturated rings. The first kappa shape index (κ1) is 18.5. The molecule has 0 saturated heterocycles. The van der Waals surface area contributed by atoms with E-state index in [0.29, 0.717) is 13.0 Å². The summed E-state index contributed by atoms with van der Waals surface area (Å²) in [6.07, 6.45) is -8.19. The molecule has 1 N–H and O–H groups in total. The average Bonchev–Trinajstić information content (AvgIpc) is 2.25. The predicted octanol–water partition coefficient (Wildman–Crippen LogP) is 3.60. The zero-order valence-electron chi connectivity index (χ0n) is 10.2. The molecule has 120 valence electrons. The minimum Gasteiger partial charge on any atom is -0.207 e. The first-order valence-corrected chi connectivity index (χ1v) is 7.79. The Labute approximate surface area is 129 Å². The van der Waals surface area contributed by atoms with Crippen LogP contribution < -0.4 is 4.72 Å². The third-order valence-electron chi connectivity index (χ3n) is 2.42. The molecule has 0 amide bonds. The molecule has 0 aliphatic carbocycles. The Morgan fingerprint density at radius 1 is 1.24 bits per heavy atom. The van der Waals surface area contributed by atoms with Gasteiger partial charge < -0.3 is 0 Å². The van der Waals surface area contributed by atoms with Gasteiger partial charge >= 0.3 is 6.18 Å². The molecule has 0 aromatic heterocycles. The Morgan fingerprint density at radius 3 is 2.19 bits per heavy atom. The molecule has 0 aliphatic heterocycles. The Kier molecular flexibility index (Phi) is 5.53. The van der Waals surface area contributed by atoms with Crippen LogP contribution in [0.25, 0.3) is 0 Å². The van der Waals surface area contributed by atoms with Crippen molar-refractivity contribution in [3.8, 4) is 0 Å². The van der Waals surface area contributed by atoms with Gasteiger partial charge in [-0.25, -0.2) is 21.6 Å². The van der Waals surface area contributed by atoms with Gasteiger partial charge in [-0.2, -0.15) is 17.9 Å². The number of halogens is 7. The summed E-state index contributed by atoms with van der Waals surface area (Å²) in [6, 6.07) is -0.969. The molecule has 0 spiro atoms. The highest BCUT2D eigenvalue weighted by Gasteiger charge is 2.39. The van der Waals surface area contributed by atoms with E-state index >= 15 is 0 Å². The van der Waals surface area contributed by atoms with E-state index in [4.69, 9.17) is 0 Å². The van der Waals surface area contributed by atoms with Gasteiger partial charge in [-0.3, -0.25) is 0 Å². The number of benzene rings is 1. The maximum atomic E-state index is 13.8. The molecule has 21 heavy (non-hydrogen) atoms. The highest BCUT2D eigenvalue weighted by molar-refractivity contribution is 14.1. The molecule has 0 unspecified atom stereocenters. The number of hydrogen-bond donors (Lipinski definition) is 1. The molecule has 0 heterocycles. The fourth-order valence-corrected chi connectivity index (χ4v) is 3.29. The third-order valence-corrected chi connectivity index (χ3v) is 4.92. The summed E-state index contributed by atoms with van der Waals surface area (Å²) in [6.45, 7) is 0.510. The molecular formula is C10H8F6INO2S. The van der Waals surface area contributed by atoms with Gasteiger partial charge in [-0.15, -0.1) is 0 Å². The van der Waals surface area contributed by atoms with Crippen LogP contribution in [0.2, 0.25) is 0 Å². The summed E-state index contributed by atoms with van der Waals surface area (Å²) in [5, 5.41) is 0. The van der Waals surface area contributed by atoms with E-state index in [2.05, 4.69) is 0 Å². The lowest BCUT2D eigenvalue weighted by molar-refractivity contribution is -0.147. The minimum absolute atomic E-state index is 0.233. The van der Waals surface area contributed by atoms with Crippen LogP contribution in [0.15, 0.2) is 17.0 Å². The van der Waals surface area contributed by atoms with Crippen molar-refractivity contribution in [2.75, 3.05) is 0 Å². The zero-order valence-corrected chi connectivity index (χ0v) is 13.2. The fourth-order valence-electron chi connectivity index (χ4n) is 1.32. The topological polar surface area (TPSA) is 46.2 Å². The van der Waals surface area contributed by atoms with Crippen LogP contribution in [0.3, 0.4) is 0 Å². The van der Waals surface area contributed by atoms with Crippen LogP contribution in [0, 0.1) is 9.39 Å². The second kappa shape index (κ2) is 6.28. The van der Waals surface area contributed by atoms with E-state index < -0.39 is 44.9 Å². The van der Waals surface area contributed by atoms with E-state index in [-0.39, 0.29) is 3.57 Å². The van der Waals surface area contributed by atoms with Gasteiger partial charge in [0, 0.05) is 3.57 Å². The summed E-state index contributed by atoms with van der Waals surface area (Å²) in [5.74, 6) is -1.77. The molecule has 1 rings (SSSR count). The monoisotopic (exact) mass is 447 g/mol. The molecule has 0 aliphatic rings. The summed E-state index contributed by atoms with van der Waals surface area (Å²) in [7, 11) is -4.93. The van der Waals surface area contributed by atoms with Gasteiger partial charge in [-0.1, -0.05) is 0 Å². The van der Waals surface area contributed by atoms with Crippen LogP contribution in [0.5, 0.6) is 0 Å². The molecule has 0 bridgehead atoms. The molecule has 1 atom stereocenters. The standard InChI is InChI=1S/C10H8F6INO2S/c1-4(10(14,15)16)18-21(19,20)6-3-2-5(17)7(8(6)11)9(12)13/h2-4,9,18H,1H3/t4-/m0/s1. The van der Waals surface area contributed by atoms with Crippen molar-refractivity contribution >= 4 is 32.6 Å². The number of nitrogens with one attached hydrogen (secondary N) is 1. The SMILES string of the molecule is C[C@H](NS(=O)(=O)c1ccc(I)c(C(F)F)c1F)C(F)(F)F. The Balaban J connectivity index is 3.31. The first-order valence-electron chi connectivity index (χ1n) is 5.23. The van der Waals surface area contributed by atoms with Gasteiger partial charge in [0.1, 0.15) is 10.9 Å². The van der Waals surface area contributed by atoms with Crippen LogP contribution in [-0.4, -0.2) is 20.6 Å². The lowest BCUT2D eigenvalue weighted by Gasteiger charge is -2.18. The highest BCUT2D eigenvalue weighted by atomic mass is 127. The van der Waals surface area contributed by atoms with Crippen molar-refractivity contribution in [1.82, 2.24) is 4.72 Å². The van der Waals surface area contributed by atoms with Gasteiger partial charge in [0.05, 0.1) is 5.56 Å². The van der Waals surface area contributed by atoms with Crippen molar-refractivity contribution in [2.24, 2.45) is 0 Å². The Hall–Kier alpha value is -0.560. The van der Waals surface area contributed by atoms with E-state index in [1.165, 1.54) is 27.3 Å². The summed E-state index contributed by atoms with van der Waals surface area (Å²) in [4.78, 5) is -1.26. The highest BCUT2D eigenvalue weighted by Crippen LogP contribution is 2.31. The zero-order chi connectivity index (χ0) is 16.6. The molecule has 0 radical (unpaired) electrons. The lowest BCUT2D eigenvalue weighted by atomic mass is 10.2. The van der Waals surface area contributed by atoms with E-state index in [1.54, 1.807) is 0 Å². The maximum Gasteiger partial charge on any atom is 0.404 e. The van der Waals surface area contributed by atoms with Gasteiger partial charge in [-0.05, 0) is 41.6 Å². The van der Waals surface area contributed by atoms with Crippen molar-refractivity contribution in [3.63, 3.8) is 0 Å². The smallest absolute Gasteiger partial charge is 0.207 e. The van der Waals surface area contributed by atoms with Crippen molar-refractivity contribution in [2.45, 2.75) is 30.5 Å². The first-order chi connectivity index (χ1) is 9.38. The fraction of sp³-hybridized carbons (Fsp3) is 0.400. The van der Waals surface area contributed by atoms with E-state index in [0.717, 1.165) is 6.07 Å². The second-order valence-corrected chi connectivity index (χ2v) is 6.80. The summed E-state index contributed by atoms with van der Waals surface area (Å²) in [5.41, 5.74) is -1.17. The predicted molar refractivity (Wildman–Crippen MR) is 69.9 cm³/mol. The second-order valence-electron chi connectivity index (χ2n) is 3.96. The van der Waals surface area contributed by atoms with Crippen molar-refractivity contribution in [1.29, 1.82) is 0 Å². The average molecular weight is 447 g/mol. The van der Waals surface area contributed by atoms with Crippen molar-refractivity contribution < 1.29 is 34.8 Å². The molecular weight excluding hydrogens is 439 g/mol. The van der Waals surface area contributed by atoms with Crippen LogP contribution >= 0.6 is 22.6 Å². The normalized spacial score (nSPS) is 14.5. The number of sulfonamides is 1. The molecule has 1 aromatic carbocycles. The minimum atomic E-state index is -4.93. The number of rotatable bonds is 4. The largest absolute Gasteiger partial charge is 0.404 e. The molecule has 11 heteroatoms. The van der Waals surface area contributed by atoms with Crippen LogP contribution in [0.1, 0.15) is 18.9 Å². The number of hydrogen-bond acceptors (Lipinski definition) is 2. The van der Waals surface area contributed by atoms with Gasteiger partial charge in [0.15, 0.2) is 5.82 Å². The molecule has 0 saturated carbocycles. The molecule has 1 aromatic rings. The number of alkyl halides is 5. The van der Waals surface area contributed by atoms with Crippen molar-refractivity contribution in [3.05, 3.63) is 27.1 Å².